The van der Waals surface area contributed by atoms with Gasteiger partial charge in [0, 0.05) is 6.54 Å². The van der Waals surface area contributed by atoms with Crippen LogP contribution in [0.1, 0.15) is 12.5 Å². The van der Waals surface area contributed by atoms with Crippen LogP contribution in [0.2, 0.25) is 5.02 Å². The quantitative estimate of drug-likeness (QED) is 0.777. The monoisotopic (exact) mass is 296 g/mol. The average molecular weight is 297 g/mol. The molecule has 3 N–H and O–H groups in total. The summed E-state index contributed by atoms with van der Waals surface area (Å²) >= 11 is 6.12. The van der Waals surface area contributed by atoms with Gasteiger partial charge in [0.15, 0.2) is 17.6 Å². The van der Waals surface area contributed by atoms with E-state index < -0.39 is 6.10 Å². The van der Waals surface area contributed by atoms with Crippen molar-refractivity contribution in [1.29, 1.82) is 0 Å². The van der Waals surface area contributed by atoms with Gasteiger partial charge in [-0.3, -0.25) is 4.79 Å². The number of rotatable bonds is 6. The lowest BCUT2D eigenvalue weighted by Crippen LogP contribution is -2.36. The number of carbonyl (C=O) groups excluding carboxylic acids is 1. The molecule has 6 heteroatoms. The summed E-state index contributed by atoms with van der Waals surface area (Å²) in [5.74, 6) is 2.71. The number of hydrogen-bond acceptors (Lipinski definition) is 4. The minimum absolute atomic E-state index is 0.142. The summed E-state index contributed by atoms with van der Waals surface area (Å²) in [7, 11) is 1.49. The van der Waals surface area contributed by atoms with Crippen molar-refractivity contribution >= 4 is 17.5 Å². The van der Waals surface area contributed by atoms with Crippen LogP contribution in [0.15, 0.2) is 12.1 Å². The first-order chi connectivity index (χ1) is 9.53. The Balaban J connectivity index is 2.91. The van der Waals surface area contributed by atoms with E-state index in [1.54, 1.807) is 19.1 Å². The van der Waals surface area contributed by atoms with E-state index in [0.717, 1.165) is 5.56 Å². The number of terminal acetylenes is 1. The lowest BCUT2D eigenvalue weighted by molar-refractivity contribution is -0.127. The van der Waals surface area contributed by atoms with Crippen molar-refractivity contribution < 1.29 is 14.3 Å². The Morgan fingerprint density at radius 2 is 2.30 bits per heavy atom. The third kappa shape index (κ3) is 4.05. The Kier molecular flexibility index (Phi) is 6.16. The summed E-state index contributed by atoms with van der Waals surface area (Å²) in [6, 6.07) is 3.39. The van der Waals surface area contributed by atoms with Crippen LogP contribution in [-0.4, -0.2) is 25.7 Å². The van der Waals surface area contributed by atoms with Gasteiger partial charge in [0.1, 0.15) is 0 Å². The van der Waals surface area contributed by atoms with E-state index in [4.69, 9.17) is 33.2 Å². The SMILES string of the molecule is C#CCNC(=O)C(C)Oc1c(Cl)cc(CN)cc1OC. The van der Waals surface area contributed by atoms with Gasteiger partial charge < -0.3 is 20.5 Å². The van der Waals surface area contributed by atoms with E-state index in [-0.39, 0.29) is 12.5 Å². The molecule has 108 valence electrons. The maximum atomic E-state index is 11.7. The highest BCUT2D eigenvalue weighted by atomic mass is 35.5. The Morgan fingerprint density at radius 1 is 1.60 bits per heavy atom. The molecule has 1 atom stereocenters. The van der Waals surface area contributed by atoms with Gasteiger partial charge in [0.05, 0.1) is 18.7 Å². The Hall–Kier alpha value is -1.90. The van der Waals surface area contributed by atoms with Crippen LogP contribution >= 0.6 is 11.6 Å². The molecule has 0 aliphatic rings. The molecule has 0 saturated heterocycles. The van der Waals surface area contributed by atoms with Crippen LogP contribution in [0.3, 0.4) is 0 Å². The van der Waals surface area contributed by atoms with E-state index in [2.05, 4.69) is 11.2 Å². The van der Waals surface area contributed by atoms with Gasteiger partial charge in [-0.1, -0.05) is 17.5 Å². The zero-order chi connectivity index (χ0) is 15.1. The second kappa shape index (κ2) is 7.63. The van der Waals surface area contributed by atoms with Gasteiger partial charge in [0.2, 0.25) is 0 Å². The fourth-order valence-corrected chi connectivity index (χ4v) is 1.80. The summed E-state index contributed by atoms with van der Waals surface area (Å²) in [6.07, 6.45) is 4.32. The summed E-state index contributed by atoms with van der Waals surface area (Å²) < 4.78 is 10.7. The van der Waals surface area contributed by atoms with Gasteiger partial charge in [-0.2, -0.15) is 0 Å². The molecule has 0 aliphatic heterocycles. The maximum Gasteiger partial charge on any atom is 0.261 e. The Labute approximate surface area is 123 Å². The van der Waals surface area contributed by atoms with Crippen molar-refractivity contribution in [1.82, 2.24) is 5.32 Å². The molecule has 0 heterocycles. The lowest BCUT2D eigenvalue weighted by Gasteiger charge is -2.18. The normalized spacial score (nSPS) is 11.3. The molecular formula is C14H17ClN2O3. The predicted molar refractivity (Wildman–Crippen MR) is 77.8 cm³/mol. The van der Waals surface area contributed by atoms with Crippen LogP contribution in [0, 0.1) is 12.3 Å². The lowest BCUT2D eigenvalue weighted by atomic mass is 10.2. The van der Waals surface area contributed by atoms with E-state index in [9.17, 15) is 4.79 Å². The van der Waals surface area contributed by atoms with Crippen molar-refractivity contribution in [3.63, 3.8) is 0 Å². The molecule has 5 nitrogen and oxygen atoms in total. The zero-order valence-electron chi connectivity index (χ0n) is 11.4. The largest absolute Gasteiger partial charge is 0.493 e. The highest BCUT2D eigenvalue weighted by Gasteiger charge is 2.19. The number of amides is 1. The molecule has 20 heavy (non-hydrogen) atoms. The molecule has 0 saturated carbocycles. The van der Waals surface area contributed by atoms with Crippen LogP contribution in [0.4, 0.5) is 0 Å². The molecular weight excluding hydrogens is 280 g/mol. The second-order valence-corrected chi connectivity index (χ2v) is 4.40. The van der Waals surface area contributed by atoms with Crippen LogP contribution in [-0.2, 0) is 11.3 Å². The highest BCUT2D eigenvalue weighted by Crippen LogP contribution is 2.37. The fourth-order valence-electron chi connectivity index (χ4n) is 1.52. The predicted octanol–water partition coefficient (Wildman–Crippen LogP) is 1.32. The molecule has 1 aromatic rings. The summed E-state index contributed by atoms with van der Waals surface area (Å²) in [4.78, 5) is 11.7. The molecule has 1 amide bonds. The number of ether oxygens (including phenoxy) is 2. The van der Waals surface area contributed by atoms with Gasteiger partial charge in [-0.25, -0.2) is 0 Å². The topological polar surface area (TPSA) is 73.6 Å². The number of nitrogens with one attached hydrogen (secondary N) is 1. The van der Waals surface area contributed by atoms with Gasteiger partial charge in [-0.05, 0) is 24.6 Å². The molecule has 1 rings (SSSR count). The summed E-state index contributed by atoms with van der Waals surface area (Å²) in [5.41, 5.74) is 6.37. The smallest absolute Gasteiger partial charge is 0.261 e. The number of nitrogens with two attached hydrogens (primary N) is 1. The summed E-state index contributed by atoms with van der Waals surface area (Å²) in [6.45, 7) is 2.07. The van der Waals surface area contributed by atoms with Crippen molar-refractivity contribution in [3.8, 4) is 23.8 Å². The molecule has 0 spiro atoms. The van der Waals surface area contributed by atoms with E-state index in [1.165, 1.54) is 7.11 Å². The van der Waals surface area contributed by atoms with E-state index in [1.807, 2.05) is 0 Å². The zero-order valence-corrected chi connectivity index (χ0v) is 12.2. The molecule has 0 fully saturated rings. The van der Waals surface area contributed by atoms with Crippen LogP contribution in [0.5, 0.6) is 11.5 Å². The van der Waals surface area contributed by atoms with Gasteiger partial charge in [-0.15, -0.1) is 6.42 Å². The standard InChI is InChI=1S/C14H17ClN2O3/c1-4-5-17-14(18)9(2)20-13-11(15)6-10(8-16)7-12(13)19-3/h1,6-7,9H,5,8,16H2,2-3H3,(H,17,18). The van der Waals surface area contributed by atoms with E-state index >= 15 is 0 Å². The number of halogens is 1. The third-order valence-corrected chi connectivity index (χ3v) is 2.83. The summed E-state index contributed by atoms with van der Waals surface area (Å²) in [5, 5.41) is 2.86. The molecule has 1 aromatic carbocycles. The van der Waals surface area contributed by atoms with Crippen molar-refractivity contribution in [2.45, 2.75) is 19.6 Å². The number of carbonyl (C=O) groups is 1. The Bertz CT molecular complexity index is 526. The van der Waals surface area contributed by atoms with Crippen molar-refractivity contribution in [2.24, 2.45) is 5.73 Å². The first kappa shape index (κ1) is 16.2. The minimum Gasteiger partial charge on any atom is -0.493 e. The molecule has 0 bridgehead atoms. The van der Waals surface area contributed by atoms with Crippen LogP contribution in [0.25, 0.3) is 0 Å². The van der Waals surface area contributed by atoms with E-state index in [0.29, 0.717) is 23.1 Å². The van der Waals surface area contributed by atoms with Crippen LogP contribution < -0.4 is 20.5 Å². The van der Waals surface area contributed by atoms with Gasteiger partial charge >= 0.3 is 0 Å². The molecule has 0 radical (unpaired) electrons. The molecule has 1 unspecified atom stereocenters. The first-order valence-corrected chi connectivity index (χ1v) is 6.35. The third-order valence-electron chi connectivity index (χ3n) is 2.55. The fraction of sp³-hybridized carbons (Fsp3) is 0.357. The molecule has 0 aliphatic carbocycles. The number of methoxy groups -OCH3 is 1. The van der Waals surface area contributed by atoms with Crippen molar-refractivity contribution in [2.75, 3.05) is 13.7 Å². The minimum atomic E-state index is -0.751. The molecule has 0 aromatic heterocycles. The number of benzene rings is 1. The second-order valence-electron chi connectivity index (χ2n) is 4.00. The maximum absolute atomic E-state index is 11.7. The van der Waals surface area contributed by atoms with Gasteiger partial charge in [0.25, 0.3) is 5.91 Å². The van der Waals surface area contributed by atoms with Crippen molar-refractivity contribution in [3.05, 3.63) is 22.7 Å². The Morgan fingerprint density at radius 3 is 2.85 bits per heavy atom. The first-order valence-electron chi connectivity index (χ1n) is 5.97. The highest BCUT2D eigenvalue weighted by molar-refractivity contribution is 6.32. The average Bonchev–Trinajstić information content (AvgIpc) is 2.46. The number of hydrogen-bond donors (Lipinski definition) is 2.